The number of rotatable bonds is 4. The highest BCUT2D eigenvalue weighted by Gasteiger charge is 2.23. The van der Waals surface area contributed by atoms with Crippen LogP contribution in [0.25, 0.3) is 22.0 Å². The minimum Gasteiger partial charge on any atom is -0.398 e. The predicted octanol–water partition coefficient (Wildman–Crippen LogP) is 6.00. The number of nitrogens with zero attached hydrogens (tertiary/aromatic N) is 2. The summed E-state index contributed by atoms with van der Waals surface area (Å²) in [5, 5.41) is 0.497. The number of aromatic nitrogens is 2. The van der Waals surface area contributed by atoms with Gasteiger partial charge in [0.15, 0.2) is 11.6 Å². The molecule has 0 fully saturated rings. The Hall–Kier alpha value is -3.18. The van der Waals surface area contributed by atoms with E-state index in [9.17, 15) is 17.7 Å². The van der Waals surface area contributed by atoms with Gasteiger partial charge in [0.05, 0.1) is 11.0 Å². The fourth-order valence-corrected chi connectivity index (χ4v) is 4.86. The van der Waals surface area contributed by atoms with Gasteiger partial charge in [0.25, 0.3) is 0 Å². The van der Waals surface area contributed by atoms with Crippen molar-refractivity contribution in [2.45, 2.75) is 19.8 Å². The lowest BCUT2D eigenvalue weighted by molar-refractivity contribution is 0.496. The number of anilines is 1. The zero-order chi connectivity index (χ0) is 24.1. The summed E-state index contributed by atoms with van der Waals surface area (Å²) in [6, 6.07) is 10.2. The number of hydrogen-bond donors (Lipinski definition) is 1. The third-order valence-electron chi connectivity index (χ3n) is 5.84. The molecule has 0 aliphatic carbocycles. The first-order chi connectivity index (χ1) is 15.5. The molecule has 4 nitrogen and oxygen atoms in total. The molecule has 4 rings (SSSR count). The van der Waals surface area contributed by atoms with Gasteiger partial charge in [-0.15, -0.1) is 0 Å². The monoisotopic (exact) mass is 469 g/mol. The molecule has 0 radical (unpaired) electrons. The van der Waals surface area contributed by atoms with Gasteiger partial charge in [-0.25, -0.2) is 13.2 Å². The second-order valence-corrected chi connectivity index (χ2v) is 11.7. The molecule has 33 heavy (non-hydrogen) atoms. The van der Waals surface area contributed by atoms with Gasteiger partial charge >= 0.3 is 0 Å². The SMILES string of the molecule is Cc1nc2cc(F)c(-c3ccc(P(C)(C)=O)nc3)cc2c(N)c1C(C)c1cccc(F)c1F. The summed E-state index contributed by atoms with van der Waals surface area (Å²) in [7, 11) is -2.54. The Labute approximate surface area is 190 Å². The van der Waals surface area contributed by atoms with Crippen LogP contribution in [0.15, 0.2) is 48.7 Å². The van der Waals surface area contributed by atoms with Crippen molar-refractivity contribution in [3.63, 3.8) is 0 Å². The van der Waals surface area contributed by atoms with E-state index < -0.39 is 30.5 Å². The summed E-state index contributed by atoms with van der Waals surface area (Å²) in [6.07, 6.45) is 1.47. The molecule has 0 saturated carbocycles. The summed E-state index contributed by atoms with van der Waals surface area (Å²) >= 11 is 0. The summed E-state index contributed by atoms with van der Waals surface area (Å²) in [5.41, 5.74) is 9.62. The zero-order valence-corrected chi connectivity index (χ0v) is 19.6. The smallest absolute Gasteiger partial charge is 0.162 e. The fourth-order valence-electron chi connectivity index (χ4n) is 4.09. The van der Waals surface area contributed by atoms with Crippen molar-refractivity contribution in [1.82, 2.24) is 9.97 Å². The van der Waals surface area contributed by atoms with E-state index in [2.05, 4.69) is 9.97 Å². The quantitative estimate of drug-likeness (QED) is 0.372. The van der Waals surface area contributed by atoms with Crippen LogP contribution in [0.1, 0.15) is 29.7 Å². The van der Waals surface area contributed by atoms with Crippen molar-refractivity contribution in [3.8, 4) is 11.1 Å². The maximum atomic E-state index is 15.0. The predicted molar refractivity (Wildman–Crippen MR) is 127 cm³/mol. The van der Waals surface area contributed by atoms with Gasteiger partial charge < -0.3 is 10.3 Å². The molecule has 2 heterocycles. The van der Waals surface area contributed by atoms with Gasteiger partial charge in [0, 0.05) is 51.6 Å². The molecule has 0 saturated heterocycles. The molecular formula is C25H23F3N3OP. The van der Waals surface area contributed by atoms with E-state index in [0.717, 1.165) is 6.07 Å². The highest BCUT2D eigenvalue weighted by atomic mass is 31.2. The Morgan fingerprint density at radius 3 is 2.39 bits per heavy atom. The normalized spacial score (nSPS) is 12.8. The first kappa shape index (κ1) is 23.0. The molecule has 0 aliphatic rings. The second-order valence-electron chi connectivity index (χ2n) is 8.49. The molecule has 0 amide bonds. The first-order valence-electron chi connectivity index (χ1n) is 10.3. The van der Waals surface area contributed by atoms with Crippen LogP contribution >= 0.6 is 7.14 Å². The summed E-state index contributed by atoms with van der Waals surface area (Å²) < 4.78 is 55.5. The van der Waals surface area contributed by atoms with Crippen molar-refractivity contribution < 1.29 is 17.7 Å². The number of nitrogens with two attached hydrogens (primary N) is 1. The van der Waals surface area contributed by atoms with Crippen molar-refractivity contribution in [1.29, 1.82) is 0 Å². The lowest BCUT2D eigenvalue weighted by Crippen LogP contribution is -2.09. The third-order valence-corrected chi connectivity index (χ3v) is 7.20. The van der Waals surface area contributed by atoms with Gasteiger partial charge in [-0.05, 0) is 44.0 Å². The molecule has 2 aromatic carbocycles. The van der Waals surface area contributed by atoms with Gasteiger partial charge in [0.2, 0.25) is 0 Å². The lowest BCUT2D eigenvalue weighted by Gasteiger charge is -2.20. The van der Waals surface area contributed by atoms with E-state index in [1.807, 2.05) is 0 Å². The van der Waals surface area contributed by atoms with Crippen LogP contribution in [0, 0.1) is 24.4 Å². The van der Waals surface area contributed by atoms with E-state index in [1.165, 1.54) is 24.4 Å². The first-order valence-corrected chi connectivity index (χ1v) is 12.9. The molecule has 0 spiro atoms. The van der Waals surface area contributed by atoms with E-state index in [4.69, 9.17) is 5.73 Å². The van der Waals surface area contributed by atoms with Crippen LogP contribution in [0.2, 0.25) is 0 Å². The molecule has 0 bridgehead atoms. The van der Waals surface area contributed by atoms with E-state index in [-0.39, 0.29) is 11.1 Å². The third kappa shape index (κ3) is 4.13. The average molecular weight is 469 g/mol. The van der Waals surface area contributed by atoms with Crippen molar-refractivity contribution in [3.05, 3.63) is 82.9 Å². The molecule has 1 unspecified atom stereocenters. The van der Waals surface area contributed by atoms with Gasteiger partial charge in [0.1, 0.15) is 13.0 Å². The Balaban J connectivity index is 1.88. The minimum absolute atomic E-state index is 0.164. The van der Waals surface area contributed by atoms with E-state index in [1.54, 1.807) is 45.4 Å². The van der Waals surface area contributed by atoms with Crippen LogP contribution in [0.3, 0.4) is 0 Å². The Morgan fingerprint density at radius 1 is 1.03 bits per heavy atom. The summed E-state index contributed by atoms with van der Waals surface area (Å²) in [4.78, 5) is 8.72. The highest BCUT2D eigenvalue weighted by Crippen LogP contribution is 2.39. The molecule has 8 heteroatoms. The average Bonchev–Trinajstić information content (AvgIpc) is 2.74. The largest absolute Gasteiger partial charge is 0.398 e. The van der Waals surface area contributed by atoms with Crippen LogP contribution in [-0.4, -0.2) is 23.3 Å². The number of pyridine rings is 2. The number of hydrogen-bond acceptors (Lipinski definition) is 4. The summed E-state index contributed by atoms with van der Waals surface area (Å²) in [6.45, 7) is 6.67. The number of nitrogen functional groups attached to an aromatic ring is 1. The Morgan fingerprint density at radius 2 is 1.76 bits per heavy atom. The molecule has 2 N–H and O–H groups in total. The maximum Gasteiger partial charge on any atom is 0.162 e. The molecule has 4 aromatic rings. The molecule has 1 atom stereocenters. The lowest BCUT2D eigenvalue weighted by atomic mass is 9.88. The fraction of sp³-hybridized carbons (Fsp3) is 0.200. The van der Waals surface area contributed by atoms with Crippen LogP contribution < -0.4 is 11.2 Å². The minimum atomic E-state index is -2.54. The van der Waals surface area contributed by atoms with Crippen LogP contribution in [0.4, 0.5) is 18.9 Å². The van der Waals surface area contributed by atoms with Crippen molar-refractivity contribution in [2.75, 3.05) is 19.1 Å². The highest BCUT2D eigenvalue weighted by molar-refractivity contribution is 7.69. The van der Waals surface area contributed by atoms with Crippen molar-refractivity contribution >= 4 is 29.2 Å². The number of fused-ring (bicyclic) bond motifs is 1. The second kappa shape index (κ2) is 8.31. The van der Waals surface area contributed by atoms with Crippen LogP contribution in [-0.2, 0) is 4.57 Å². The number of aryl methyl sites for hydroxylation is 1. The number of halogens is 3. The van der Waals surface area contributed by atoms with Gasteiger partial charge in [-0.2, -0.15) is 0 Å². The van der Waals surface area contributed by atoms with E-state index in [0.29, 0.717) is 38.8 Å². The van der Waals surface area contributed by atoms with Gasteiger partial charge in [-0.1, -0.05) is 25.1 Å². The topological polar surface area (TPSA) is 68.9 Å². The molecule has 170 valence electrons. The van der Waals surface area contributed by atoms with E-state index >= 15 is 0 Å². The Kier molecular flexibility index (Phi) is 5.79. The standard InChI is InChI=1S/C25H23F3N3OP/c1-13(16-6-5-7-19(26)24(16)28)23-14(2)31-21-11-20(27)17(10-18(21)25(23)29)15-8-9-22(30-12-15)33(3,4)32/h5-13H,1-4H3,(H2,29,31). The maximum absolute atomic E-state index is 15.0. The zero-order valence-electron chi connectivity index (χ0n) is 18.7. The summed E-state index contributed by atoms with van der Waals surface area (Å²) in [5.74, 6) is -2.95. The van der Waals surface area contributed by atoms with Gasteiger partial charge in [-0.3, -0.25) is 9.97 Å². The molecule has 0 aliphatic heterocycles. The molecule has 2 aromatic heterocycles. The Bertz CT molecular complexity index is 1430. The van der Waals surface area contributed by atoms with Crippen molar-refractivity contribution in [2.24, 2.45) is 0 Å². The van der Waals surface area contributed by atoms with Crippen LogP contribution in [0.5, 0.6) is 0 Å². The molecular weight excluding hydrogens is 446 g/mol. The number of benzene rings is 2.